The summed E-state index contributed by atoms with van der Waals surface area (Å²) in [5, 5.41) is 9.04. The fourth-order valence-corrected chi connectivity index (χ4v) is 3.42. The fraction of sp³-hybridized carbons (Fsp3) is 0.500. The zero-order chi connectivity index (χ0) is 16.8. The zero-order valence-electron chi connectivity index (χ0n) is 12.3. The molecule has 1 aromatic rings. The molecule has 0 radical (unpaired) electrons. The molecule has 1 unspecified atom stereocenters. The van der Waals surface area contributed by atoms with Crippen molar-refractivity contribution in [3.8, 4) is 0 Å². The van der Waals surface area contributed by atoms with E-state index < -0.39 is 23.6 Å². The Bertz CT molecular complexity index is 648. The van der Waals surface area contributed by atoms with Crippen molar-refractivity contribution in [1.29, 1.82) is 0 Å². The van der Waals surface area contributed by atoms with Gasteiger partial charge in [-0.1, -0.05) is 6.07 Å². The number of alkyl halides is 3. The minimum absolute atomic E-state index is 0.0151. The van der Waals surface area contributed by atoms with Crippen molar-refractivity contribution in [2.75, 3.05) is 13.1 Å². The summed E-state index contributed by atoms with van der Waals surface area (Å²) < 4.78 is 38.2. The number of carboxylic acids is 1. The van der Waals surface area contributed by atoms with Crippen LogP contribution >= 0.6 is 0 Å². The van der Waals surface area contributed by atoms with Crippen LogP contribution in [0.25, 0.3) is 0 Å². The summed E-state index contributed by atoms with van der Waals surface area (Å²) in [6.07, 6.45) is -2.66. The molecule has 3 rings (SSSR count). The van der Waals surface area contributed by atoms with Crippen molar-refractivity contribution in [1.82, 2.24) is 4.90 Å². The first kappa shape index (κ1) is 15.8. The Labute approximate surface area is 130 Å². The predicted molar refractivity (Wildman–Crippen MR) is 74.8 cm³/mol. The quantitative estimate of drug-likeness (QED) is 0.908. The second-order valence-electron chi connectivity index (χ2n) is 6.33. The van der Waals surface area contributed by atoms with E-state index in [0.29, 0.717) is 32.4 Å². The van der Waals surface area contributed by atoms with Crippen LogP contribution < -0.4 is 0 Å². The third-order valence-electron chi connectivity index (χ3n) is 4.97. The maximum Gasteiger partial charge on any atom is 0.416 e. The van der Waals surface area contributed by atoms with Gasteiger partial charge in [0.2, 0.25) is 0 Å². The molecule has 1 saturated carbocycles. The summed E-state index contributed by atoms with van der Waals surface area (Å²) in [6, 6.07) is 4.40. The molecule has 23 heavy (non-hydrogen) atoms. The Kier molecular flexibility index (Phi) is 3.61. The molecule has 1 heterocycles. The van der Waals surface area contributed by atoms with Crippen LogP contribution in [-0.4, -0.2) is 35.0 Å². The van der Waals surface area contributed by atoms with Crippen molar-refractivity contribution in [2.45, 2.75) is 25.4 Å². The lowest BCUT2D eigenvalue weighted by atomic mass is 9.90. The maximum atomic E-state index is 12.7. The largest absolute Gasteiger partial charge is 0.481 e. The predicted octanol–water partition coefficient (Wildman–Crippen LogP) is 3.03. The molecular formula is C16H16F3NO3. The van der Waals surface area contributed by atoms with Gasteiger partial charge in [0.05, 0.1) is 11.5 Å². The minimum Gasteiger partial charge on any atom is -0.481 e. The first-order valence-electron chi connectivity index (χ1n) is 7.42. The monoisotopic (exact) mass is 327 g/mol. The van der Waals surface area contributed by atoms with Gasteiger partial charge in [-0.2, -0.15) is 13.2 Å². The molecule has 124 valence electrons. The van der Waals surface area contributed by atoms with Crippen LogP contribution in [0.4, 0.5) is 13.2 Å². The van der Waals surface area contributed by atoms with Crippen LogP contribution in [-0.2, 0) is 11.0 Å². The SMILES string of the molecule is O=C(O)C1CC12CCN(C(=O)c1cccc(C(F)(F)F)c1)CC2. The van der Waals surface area contributed by atoms with Crippen molar-refractivity contribution < 1.29 is 27.9 Å². The van der Waals surface area contributed by atoms with Gasteiger partial charge in [-0.3, -0.25) is 9.59 Å². The normalized spacial score (nSPS) is 22.9. The van der Waals surface area contributed by atoms with Crippen LogP contribution in [0.5, 0.6) is 0 Å². The average Bonchev–Trinajstić information content (AvgIpc) is 3.21. The molecule has 4 nitrogen and oxygen atoms in total. The van der Waals surface area contributed by atoms with Gasteiger partial charge in [-0.05, 0) is 42.9 Å². The first-order chi connectivity index (χ1) is 10.7. The lowest BCUT2D eigenvalue weighted by molar-refractivity contribution is -0.140. The number of carboxylic acid groups (broad SMARTS) is 1. The van der Waals surface area contributed by atoms with E-state index in [1.807, 2.05) is 0 Å². The van der Waals surface area contributed by atoms with Crippen molar-refractivity contribution in [2.24, 2.45) is 11.3 Å². The van der Waals surface area contributed by atoms with E-state index in [1.54, 1.807) is 0 Å². The molecule has 1 aliphatic carbocycles. The first-order valence-corrected chi connectivity index (χ1v) is 7.42. The Hall–Kier alpha value is -2.05. The highest BCUT2D eigenvalue weighted by atomic mass is 19.4. The van der Waals surface area contributed by atoms with E-state index in [9.17, 15) is 22.8 Å². The summed E-state index contributed by atoms with van der Waals surface area (Å²) in [7, 11) is 0. The molecule has 1 spiro atoms. The van der Waals surface area contributed by atoms with Gasteiger partial charge in [0.1, 0.15) is 0 Å². The standard InChI is InChI=1S/C16H16F3NO3/c17-16(18,19)11-3-1-2-10(8-11)13(21)20-6-4-15(5-7-20)9-12(15)14(22)23/h1-3,8,12H,4-7,9H2,(H,22,23). The maximum absolute atomic E-state index is 12.7. The molecule has 1 aliphatic heterocycles. The van der Waals surface area contributed by atoms with Crippen LogP contribution in [0.1, 0.15) is 35.2 Å². The second-order valence-corrected chi connectivity index (χ2v) is 6.33. The number of rotatable bonds is 2. The van der Waals surface area contributed by atoms with E-state index in [2.05, 4.69) is 0 Å². The van der Waals surface area contributed by atoms with E-state index in [4.69, 9.17) is 5.11 Å². The highest BCUT2D eigenvalue weighted by molar-refractivity contribution is 5.94. The Morgan fingerprint density at radius 1 is 1.22 bits per heavy atom. The third kappa shape index (κ3) is 2.92. The topological polar surface area (TPSA) is 57.6 Å². The van der Waals surface area contributed by atoms with Gasteiger partial charge in [0.15, 0.2) is 0 Å². The Morgan fingerprint density at radius 3 is 2.39 bits per heavy atom. The summed E-state index contributed by atoms with van der Waals surface area (Å²) in [4.78, 5) is 24.9. The van der Waals surface area contributed by atoms with Crippen LogP contribution in [0.15, 0.2) is 24.3 Å². The summed E-state index contributed by atoms with van der Waals surface area (Å²) in [5.41, 5.74) is -1.04. The zero-order valence-corrected chi connectivity index (χ0v) is 12.3. The molecule has 1 atom stereocenters. The van der Waals surface area contributed by atoms with Gasteiger partial charge >= 0.3 is 12.1 Å². The van der Waals surface area contributed by atoms with E-state index in [0.717, 1.165) is 12.1 Å². The van der Waals surface area contributed by atoms with Gasteiger partial charge in [0.25, 0.3) is 5.91 Å². The summed E-state index contributed by atoms with van der Waals surface area (Å²) in [5.74, 6) is -1.57. The van der Waals surface area contributed by atoms with Gasteiger partial charge < -0.3 is 10.0 Å². The number of likely N-dealkylation sites (tertiary alicyclic amines) is 1. The number of hydrogen-bond acceptors (Lipinski definition) is 2. The number of carbonyl (C=O) groups is 2. The molecule has 1 N–H and O–H groups in total. The highest BCUT2D eigenvalue weighted by Gasteiger charge is 2.59. The number of piperidine rings is 1. The number of nitrogens with zero attached hydrogens (tertiary/aromatic N) is 1. The molecular weight excluding hydrogens is 311 g/mol. The van der Waals surface area contributed by atoms with Crippen molar-refractivity contribution in [3.63, 3.8) is 0 Å². The van der Waals surface area contributed by atoms with E-state index in [-0.39, 0.29) is 16.9 Å². The summed E-state index contributed by atoms with van der Waals surface area (Å²) >= 11 is 0. The van der Waals surface area contributed by atoms with Gasteiger partial charge in [-0.25, -0.2) is 0 Å². The van der Waals surface area contributed by atoms with E-state index >= 15 is 0 Å². The Balaban J connectivity index is 1.68. The number of amides is 1. The molecule has 0 aromatic heterocycles. The Morgan fingerprint density at radius 2 is 1.87 bits per heavy atom. The number of hydrogen-bond donors (Lipinski definition) is 1. The lowest BCUT2D eigenvalue weighted by Crippen LogP contribution is -2.40. The summed E-state index contributed by atoms with van der Waals surface area (Å²) in [6.45, 7) is 0.776. The minimum atomic E-state index is -4.48. The van der Waals surface area contributed by atoms with Crippen molar-refractivity contribution in [3.05, 3.63) is 35.4 Å². The smallest absolute Gasteiger partial charge is 0.416 e. The molecule has 1 aromatic carbocycles. The number of aliphatic carboxylic acids is 1. The second kappa shape index (κ2) is 5.25. The van der Waals surface area contributed by atoms with Crippen LogP contribution in [0.3, 0.4) is 0 Å². The molecule has 2 aliphatic rings. The van der Waals surface area contributed by atoms with Crippen molar-refractivity contribution >= 4 is 11.9 Å². The number of carbonyl (C=O) groups excluding carboxylic acids is 1. The number of halogens is 3. The van der Waals surface area contributed by atoms with Gasteiger partial charge in [-0.15, -0.1) is 0 Å². The average molecular weight is 327 g/mol. The molecule has 1 saturated heterocycles. The number of benzene rings is 1. The third-order valence-corrected chi connectivity index (χ3v) is 4.97. The van der Waals surface area contributed by atoms with E-state index in [1.165, 1.54) is 17.0 Å². The van der Waals surface area contributed by atoms with Crippen LogP contribution in [0, 0.1) is 11.3 Å². The van der Waals surface area contributed by atoms with Gasteiger partial charge in [0, 0.05) is 18.7 Å². The molecule has 2 fully saturated rings. The molecule has 1 amide bonds. The van der Waals surface area contributed by atoms with Crippen LogP contribution in [0.2, 0.25) is 0 Å². The highest BCUT2D eigenvalue weighted by Crippen LogP contribution is 2.59. The molecule has 0 bridgehead atoms. The molecule has 7 heteroatoms. The lowest BCUT2D eigenvalue weighted by Gasteiger charge is -2.32. The fourth-order valence-electron chi connectivity index (χ4n) is 3.42.